The van der Waals surface area contributed by atoms with Gasteiger partial charge < -0.3 is 21.3 Å². The van der Waals surface area contributed by atoms with Gasteiger partial charge in [-0.05, 0) is 100 Å². The Morgan fingerprint density at radius 2 is 1.94 bits per heavy atom. The maximum Gasteiger partial charge on any atom is 0.0694 e. The van der Waals surface area contributed by atoms with E-state index in [0.717, 1.165) is 31.5 Å². The molecule has 4 rings (SSSR count). The third-order valence-electron chi connectivity index (χ3n) is 10.3. The van der Waals surface area contributed by atoms with E-state index in [1.54, 1.807) is 5.57 Å². The van der Waals surface area contributed by atoms with Crippen LogP contribution in [0, 0.1) is 34.0 Å². The van der Waals surface area contributed by atoms with Crippen LogP contribution in [-0.2, 0) is 4.84 Å². The quantitative estimate of drug-likeness (QED) is 0.242. The van der Waals surface area contributed by atoms with E-state index in [0.29, 0.717) is 30.4 Å². The van der Waals surface area contributed by atoms with Crippen LogP contribution in [0.2, 0.25) is 0 Å². The van der Waals surface area contributed by atoms with Gasteiger partial charge in [0.05, 0.1) is 6.61 Å². The van der Waals surface area contributed by atoms with Gasteiger partial charge in [-0.25, -0.2) is 5.90 Å². The fourth-order valence-electron chi connectivity index (χ4n) is 8.75. The Bertz CT molecular complexity index is 745. The monoisotopic (exact) mass is 488 g/mol. The molecule has 0 amide bonds. The first kappa shape index (κ1) is 30.2. The summed E-state index contributed by atoms with van der Waals surface area (Å²) in [5.41, 5.74) is 10.2. The van der Waals surface area contributed by atoms with Gasteiger partial charge in [-0.2, -0.15) is 0 Å². The summed E-state index contributed by atoms with van der Waals surface area (Å²) in [4.78, 5) is 4.46. The van der Waals surface area contributed by atoms with Crippen LogP contribution in [0.1, 0.15) is 106 Å². The molecule has 0 radical (unpaired) electrons. The third kappa shape index (κ3) is 5.79. The molecule has 0 spiro atoms. The second kappa shape index (κ2) is 12.5. The minimum absolute atomic E-state index is 0. The molecular weight excluding hydrogens is 432 g/mol. The molecule has 0 aromatic carbocycles. The van der Waals surface area contributed by atoms with Gasteiger partial charge in [0.1, 0.15) is 0 Å². The van der Waals surface area contributed by atoms with Crippen molar-refractivity contribution in [1.29, 1.82) is 5.41 Å². The van der Waals surface area contributed by atoms with Crippen molar-refractivity contribution in [3.05, 3.63) is 24.3 Å². The minimum Gasteiger partial charge on any atom is -0.325 e. The van der Waals surface area contributed by atoms with E-state index in [1.807, 2.05) is 13.0 Å². The van der Waals surface area contributed by atoms with Crippen LogP contribution < -0.4 is 16.9 Å². The van der Waals surface area contributed by atoms with Crippen LogP contribution in [0.5, 0.6) is 0 Å². The van der Waals surface area contributed by atoms with Crippen LogP contribution in [0.3, 0.4) is 0 Å². The topological polar surface area (TPSA) is 97.2 Å². The molecule has 7 atom stereocenters. The Labute approximate surface area is 216 Å². The van der Waals surface area contributed by atoms with Crippen molar-refractivity contribution >= 4 is 5.71 Å². The molecule has 0 bridgehead atoms. The third-order valence-corrected chi connectivity index (χ3v) is 10.3. The average molecular weight is 489 g/mol. The Kier molecular flexibility index (Phi) is 10.8. The number of nitrogens with two attached hydrogens (primary N) is 2. The molecule has 1 aliphatic heterocycles. The smallest absolute Gasteiger partial charge is 0.0694 e. The summed E-state index contributed by atoms with van der Waals surface area (Å²) in [7, 11) is 0. The van der Waals surface area contributed by atoms with Crippen molar-refractivity contribution in [2.75, 3.05) is 13.2 Å². The summed E-state index contributed by atoms with van der Waals surface area (Å²) in [5, 5.41) is 11.7. The van der Waals surface area contributed by atoms with Crippen LogP contribution in [0.4, 0.5) is 0 Å². The van der Waals surface area contributed by atoms with Crippen molar-refractivity contribution < 1.29 is 4.84 Å². The Morgan fingerprint density at radius 3 is 2.51 bits per heavy atom. The molecule has 3 saturated carbocycles. The van der Waals surface area contributed by atoms with Crippen LogP contribution in [0.25, 0.3) is 0 Å². The highest BCUT2D eigenvalue weighted by Gasteiger charge is 2.64. The van der Waals surface area contributed by atoms with Crippen molar-refractivity contribution in [2.45, 2.75) is 117 Å². The van der Waals surface area contributed by atoms with Gasteiger partial charge in [-0.1, -0.05) is 58.9 Å². The zero-order chi connectivity index (χ0) is 25.0. The molecule has 35 heavy (non-hydrogen) atoms. The van der Waals surface area contributed by atoms with Crippen LogP contribution >= 0.6 is 0 Å². The van der Waals surface area contributed by atoms with Gasteiger partial charge in [0.2, 0.25) is 0 Å². The fraction of sp³-hybridized carbons (Fsp3) is 0.833. The van der Waals surface area contributed by atoms with Gasteiger partial charge in [0, 0.05) is 23.2 Å². The number of allylic oxidation sites excluding steroid dienone is 3. The van der Waals surface area contributed by atoms with Gasteiger partial charge >= 0.3 is 0 Å². The highest BCUT2D eigenvalue weighted by molar-refractivity contribution is 5.82. The van der Waals surface area contributed by atoms with E-state index >= 15 is 0 Å². The van der Waals surface area contributed by atoms with E-state index in [-0.39, 0.29) is 23.8 Å². The van der Waals surface area contributed by atoms with Crippen molar-refractivity contribution in [3.63, 3.8) is 0 Å². The molecule has 3 aliphatic carbocycles. The number of hydrogen-bond donors (Lipinski definition) is 4. The predicted octanol–water partition coefficient (Wildman–Crippen LogP) is 6.53. The molecule has 6 N–H and O–H groups in total. The fourth-order valence-corrected chi connectivity index (χ4v) is 8.75. The van der Waals surface area contributed by atoms with Crippen molar-refractivity contribution in [3.8, 4) is 0 Å². The SMILES string of the molecule is C.C=C/C=C1/CCC2(N)C(CCC3(C)C(C(C)=N)CCC32)C1(C)CCC.NOCCC1CCCN1. The van der Waals surface area contributed by atoms with Crippen molar-refractivity contribution in [2.24, 2.45) is 40.2 Å². The van der Waals surface area contributed by atoms with Crippen molar-refractivity contribution in [1.82, 2.24) is 5.32 Å². The Hall–Kier alpha value is -1.01. The molecule has 1 heterocycles. The lowest BCUT2D eigenvalue weighted by Gasteiger charge is -2.63. The maximum atomic E-state index is 8.31. The zero-order valence-electron chi connectivity index (χ0n) is 22.4. The van der Waals surface area contributed by atoms with E-state index in [1.165, 1.54) is 51.4 Å². The molecule has 5 heteroatoms. The largest absolute Gasteiger partial charge is 0.325 e. The maximum absolute atomic E-state index is 8.31. The highest BCUT2D eigenvalue weighted by Crippen LogP contribution is 2.67. The van der Waals surface area contributed by atoms with Crippen LogP contribution in [-0.4, -0.2) is 30.4 Å². The molecule has 0 aromatic heterocycles. The summed E-state index contributed by atoms with van der Waals surface area (Å²) < 4.78 is 0. The van der Waals surface area contributed by atoms with Gasteiger partial charge in [0.25, 0.3) is 0 Å². The molecule has 202 valence electrons. The zero-order valence-corrected chi connectivity index (χ0v) is 22.4. The minimum atomic E-state index is -0.0559. The molecule has 4 fully saturated rings. The van der Waals surface area contributed by atoms with E-state index < -0.39 is 0 Å². The second-order valence-electron chi connectivity index (χ2n) is 12.1. The highest BCUT2D eigenvalue weighted by atomic mass is 16.6. The standard InChI is InChI=1S/C23H38N2.C6H14N2O.CH4/c1-6-8-17-11-15-23(25)19-10-9-18(16(3)24)22(19,5)14-12-20(23)21(17,4)13-7-2;7-9-5-3-6-2-1-4-8-6;/h6,8,18-20,24H,1,7,9-15,25H2,2-5H3;6,8H,1-5,7H2;1H4/b17-8-,24-16?;;. The summed E-state index contributed by atoms with van der Waals surface area (Å²) in [6, 6.07) is 0.661. The average Bonchev–Trinajstić information content (AvgIpc) is 3.43. The van der Waals surface area contributed by atoms with E-state index in [4.69, 9.17) is 17.0 Å². The summed E-state index contributed by atoms with van der Waals surface area (Å²) in [5.74, 6) is 6.47. The lowest BCUT2D eigenvalue weighted by molar-refractivity contribution is -0.0616. The normalized spacial score (nSPS) is 41.3. The van der Waals surface area contributed by atoms with Gasteiger partial charge in [-0.15, -0.1) is 0 Å². The Balaban J connectivity index is 0.000000366. The molecule has 4 aliphatic rings. The van der Waals surface area contributed by atoms with Crippen LogP contribution in [0.15, 0.2) is 24.3 Å². The lowest BCUT2D eigenvalue weighted by Crippen LogP contribution is -2.66. The molecule has 7 unspecified atom stereocenters. The summed E-state index contributed by atoms with van der Waals surface area (Å²) in [6.45, 7) is 15.1. The molecule has 1 saturated heterocycles. The first-order valence-electron chi connectivity index (χ1n) is 13.9. The number of fused-ring (bicyclic) bond motifs is 3. The summed E-state index contributed by atoms with van der Waals surface area (Å²) >= 11 is 0. The molecule has 5 nitrogen and oxygen atoms in total. The number of nitrogens with one attached hydrogen (secondary N) is 2. The summed E-state index contributed by atoms with van der Waals surface area (Å²) in [6.07, 6.45) is 17.4. The lowest BCUT2D eigenvalue weighted by atomic mass is 9.44. The van der Waals surface area contributed by atoms with E-state index in [9.17, 15) is 0 Å². The number of rotatable bonds is 7. The molecular formula is C30H56N4O. The first-order valence-corrected chi connectivity index (χ1v) is 13.9. The first-order chi connectivity index (χ1) is 16.2. The number of hydrogen-bond acceptors (Lipinski definition) is 5. The van der Waals surface area contributed by atoms with E-state index in [2.05, 4.69) is 43.6 Å². The molecule has 0 aromatic rings. The second-order valence-corrected chi connectivity index (χ2v) is 12.1. The van der Waals surface area contributed by atoms with Gasteiger partial charge in [-0.3, -0.25) is 0 Å². The van der Waals surface area contributed by atoms with Gasteiger partial charge in [0.15, 0.2) is 0 Å². The Morgan fingerprint density at radius 1 is 1.20 bits per heavy atom. The predicted molar refractivity (Wildman–Crippen MR) is 150 cm³/mol.